The summed E-state index contributed by atoms with van der Waals surface area (Å²) in [6, 6.07) is 0. The van der Waals surface area contributed by atoms with Crippen LogP contribution in [-0.2, 0) is 0 Å². The average molecular weight is 278 g/mol. The lowest BCUT2D eigenvalue weighted by molar-refractivity contribution is 0.0680. The lowest BCUT2D eigenvalue weighted by Crippen LogP contribution is -2.37. The van der Waals surface area contributed by atoms with Gasteiger partial charge in [0, 0.05) is 24.4 Å². The fourth-order valence-electron chi connectivity index (χ4n) is 2.34. The second-order valence-electron chi connectivity index (χ2n) is 4.54. The molecule has 0 saturated carbocycles. The smallest absolute Gasteiger partial charge is 0.291 e. The SMILES string of the molecule is Nc1nc(C2CCN(C(=O)c3cnco3)CC2)cs1. The van der Waals surface area contributed by atoms with E-state index in [1.807, 2.05) is 5.38 Å². The maximum atomic E-state index is 12.1. The van der Waals surface area contributed by atoms with Gasteiger partial charge in [0.25, 0.3) is 5.91 Å². The number of piperidine rings is 1. The highest BCUT2D eigenvalue weighted by Crippen LogP contribution is 2.29. The van der Waals surface area contributed by atoms with Crippen LogP contribution < -0.4 is 5.73 Å². The molecule has 1 fully saturated rings. The lowest BCUT2D eigenvalue weighted by atomic mass is 9.94. The molecule has 19 heavy (non-hydrogen) atoms. The number of rotatable bonds is 2. The van der Waals surface area contributed by atoms with Crippen molar-refractivity contribution >= 4 is 22.4 Å². The van der Waals surface area contributed by atoms with Crippen LogP contribution in [0.25, 0.3) is 0 Å². The third-order valence-corrected chi connectivity index (χ3v) is 4.08. The van der Waals surface area contributed by atoms with Crippen LogP contribution in [0.5, 0.6) is 0 Å². The Morgan fingerprint density at radius 3 is 2.84 bits per heavy atom. The summed E-state index contributed by atoms with van der Waals surface area (Å²) in [5.74, 6) is 0.609. The minimum Gasteiger partial charge on any atom is -0.438 e. The minimum absolute atomic E-state index is 0.0891. The summed E-state index contributed by atoms with van der Waals surface area (Å²) < 4.78 is 5.03. The topological polar surface area (TPSA) is 85.2 Å². The van der Waals surface area contributed by atoms with Gasteiger partial charge in [-0.2, -0.15) is 0 Å². The highest BCUT2D eigenvalue weighted by atomic mass is 32.1. The van der Waals surface area contributed by atoms with Crippen LogP contribution in [0.4, 0.5) is 5.13 Å². The molecule has 0 aliphatic carbocycles. The molecule has 7 heteroatoms. The molecule has 2 aromatic rings. The molecule has 0 radical (unpaired) electrons. The third-order valence-electron chi connectivity index (χ3n) is 3.38. The maximum absolute atomic E-state index is 12.1. The Hall–Kier alpha value is -1.89. The Labute approximate surface area is 114 Å². The fourth-order valence-corrected chi connectivity index (χ4v) is 2.99. The number of carbonyl (C=O) groups is 1. The van der Waals surface area contributed by atoms with Gasteiger partial charge in [-0.1, -0.05) is 0 Å². The number of oxazole rings is 1. The zero-order chi connectivity index (χ0) is 13.2. The molecule has 0 spiro atoms. The molecule has 2 aromatic heterocycles. The summed E-state index contributed by atoms with van der Waals surface area (Å²) in [6.45, 7) is 1.42. The van der Waals surface area contributed by atoms with Gasteiger partial charge in [0.1, 0.15) is 0 Å². The van der Waals surface area contributed by atoms with Gasteiger partial charge < -0.3 is 15.1 Å². The molecule has 3 heterocycles. The molecule has 0 unspecified atom stereocenters. The highest BCUT2D eigenvalue weighted by Gasteiger charge is 2.27. The van der Waals surface area contributed by atoms with Crippen LogP contribution in [-0.4, -0.2) is 33.9 Å². The normalized spacial score (nSPS) is 16.7. The molecule has 1 amide bonds. The van der Waals surface area contributed by atoms with Crippen molar-refractivity contribution in [3.63, 3.8) is 0 Å². The van der Waals surface area contributed by atoms with Gasteiger partial charge in [-0.05, 0) is 12.8 Å². The van der Waals surface area contributed by atoms with Gasteiger partial charge in [-0.15, -0.1) is 11.3 Å². The summed E-state index contributed by atoms with van der Waals surface area (Å²) in [6.07, 6.45) is 4.54. The number of nitrogens with zero attached hydrogens (tertiary/aromatic N) is 3. The maximum Gasteiger partial charge on any atom is 0.291 e. The number of amides is 1. The van der Waals surface area contributed by atoms with Crippen molar-refractivity contribution in [2.45, 2.75) is 18.8 Å². The van der Waals surface area contributed by atoms with Crippen LogP contribution in [0.1, 0.15) is 35.0 Å². The van der Waals surface area contributed by atoms with E-state index >= 15 is 0 Å². The van der Waals surface area contributed by atoms with Crippen LogP contribution >= 0.6 is 11.3 Å². The first kappa shape index (κ1) is 12.2. The summed E-state index contributed by atoms with van der Waals surface area (Å²) in [7, 11) is 0. The number of nitrogens with two attached hydrogens (primary N) is 1. The van der Waals surface area contributed by atoms with Crippen molar-refractivity contribution in [3.05, 3.63) is 29.4 Å². The van der Waals surface area contributed by atoms with Crippen molar-refractivity contribution in [1.29, 1.82) is 0 Å². The largest absolute Gasteiger partial charge is 0.438 e. The molecule has 1 aliphatic rings. The van der Waals surface area contributed by atoms with Crippen molar-refractivity contribution < 1.29 is 9.21 Å². The summed E-state index contributed by atoms with van der Waals surface area (Å²) >= 11 is 1.47. The summed E-state index contributed by atoms with van der Waals surface area (Å²) in [5, 5.41) is 2.61. The number of thiazole rings is 1. The van der Waals surface area contributed by atoms with Crippen LogP contribution in [0, 0.1) is 0 Å². The monoisotopic (exact) mass is 278 g/mol. The number of anilines is 1. The zero-order valence-corrected chi connectivity index (χ0v) is 11.1. The first-order chi connectivity index (χ1) is 9.24. The van der Waals surface area contributed by atoms with Crippen molar-refractivity contribution in [1.82, 2.24) is 14.9 Å². The highest BCUT2D eigenvalue weighted by molar-refractivity contribution is 7.13. The van der Waals surface area contributed by atoms with E-state index in [2.05, 4.69) is 9.97 Å². The fraction of sp³-hybridized carbons (Fsp3) is 0.417. The lowest BCUT2D eigenvalue weighted by Gasteiger charge is -2.30. The van der Waals surface area contributed by atoms with Gasteiger partial charge in [-0.3, -0.25) is 4.79 Å². The van der Waals surface area contributed by atoms with Gasteiger partial charge in [0.05, 0.1) is 11.9 Å². The Bertz CT molecular complexity index is 558. The molecule has 2 N–H and O–H groups in total. The van der Waals surface area contributed by atoms with Crippen LogP contribution in [0.2, 0.25) is 0 Å². The third kappa shape index (κ3) is 2.46. The standard InChI is InChI=1S/C12H14N4O2S/c13-12-15-9(6-19-12)8-1-3-16(4-2-8)11(17)10-5-14-7-18-10/h5-8H,1-4H2,(H2,13,15). The molecular weight excluding hydrogens is 264 g/mol. The number of hydrogen-bond donors (Lipinski definition) is 1. The van der Waals surface area contributed by atoms with E-state index in [-0.39, 0.29) is 5.91 Å². The van der Waals surface area contributed by atoms with E-state index in [9.17, 15) is 4.79 Å². The predicted octanol–water partition coefficient (Wildman–Crippen LogP) is 1.73. The van der Waals surface area contributed by atoms with E-state index in [0.717, 1.165) is 18.5 Å². The number of carbonyl (C=O) groups excluding carboxylic acids is 1. The van der Waals surface area contributed by atoms with Gasteiger partial charge >= 0.3 is 0 Å². The predicted molar refractivity (Wildman–Crippen MR) is 70.9 cm³/mol. The van der Waals surface area contributed by atoms with Gasteiger partial charge in [0.15, 0.2) is 11.5 Å². The molecule has 0 bridgehead atoms. The Morgan fingerprint density at radius 2 is 2.26 bits per heavy atom. The molecule has 100 valence electrons. The van der Waals surface area contributed by atoms with Gasteiger partial charge in [-0.25, -0.2) is 9.97 Å². The average Bonchev–Trinajstić information content (AvgIpc) is 3.09. The van der Waals surface area contributed by atoms with Crippen molar-refractivity contribution in [2.24, 2.45) is 0 Å². The number of nitrogen functional groups attached to an aromatic ring is 1. The van der Waals surface area contributed by atoms with E-state index in [1.165, 1.54) is 23.9 Å². The molecular formula is C12H14N4O2S. The minimum atomic E-state index is -0.0891. The van der Waals surface area contributed by atoms with Crippen LogP contribution in [0.15, 0.2) is 22.4 Å². The van der Waals surface area contributed by atoms with E-state index in [1.54, 1.807) is 4.90 Å². The molecule has 0 aromatic carbocycles. The summed E-state index contributed by atoms with van der Waals surface area (Å²) in [5.41, 5.74) is 6.70. The number of hydrogen-bond acceptors (Lipinski definition) is 6. The van der Waals surface area contributed by atoms with E-state index in [4.69, 9.17) is 10.2 Å². The first-order valence-corrected chi connectivity index (χ1v) is 7.00. The zero-order valence-electron chi connectivity index (χ0n) is 10.3. The molecule has 0 atom stereocenters. The Balaban J connectivity index is 1.62. The molecule has 3 rings (SSSR count). The van der Waals surface area contributed by atoms with E-state index < -0.39 is 0 Å². The Kier molecular flexibility index (Phi) is 3.20. The molecule has 6 nitrogen and oxygen atoms in total. The van der Waals surface area contributed by atoms with Crippen LogP contribution in [0.3, 0.4) is 0 Å². The van der Waals surface area contributed by atoms with E-state index in [0.29, 0.717) is 29.9 Å². The Morgan fingerprint density at radius 1 is 1.47 bits per heavy atom. The molecule has 1 saturated heterocycles. The quantitative estimate of drug-likeness (QED) is 0.904. The van der Waals surface area contributed by atoms with Crippen molar-refractivity contribution in [3.8, 4) is 0 Å². The number of likely N-dealkylation sites (tertiary alicyclic amines) is 1. The first-order valence-electron chi connectivity index (χ1n) is 6.12. The van der Waals surface area contributed by atoms with Crippen molar-refractivity contribution in [2.75, 3.05) is 18.8 Å². The second kappa shape index (κ2) is 5.00. The number of aromatic nitrogens is 2. The second-order valence-corrected chi connectivity index (χ2v) is 5.43. The molecule has 1 aliphatic heterocycles. The summed E-state index contributed by atoms with van der Waals surface area (Å²) in [4.78, 5) is 22.0. The van der Waals surface area contributed by atoms with Gasteiger partial charge in [0.2, 0.25) is 5.76 Å².